The van der Waals surface area contributed by atoms with E-state index in [0.29, 0.717) is 32.5 Å². The quantitative estimate of drug-likeness (QED) is 0.199. The minimum atomic E-state index is -0.219. The van der Waals surface area contributed by atoms with E-state index in [0.717, 1.165) is 28.2 Å². The average molecular weight is 569 g/mol. The third-order valence-corrected chi connectivity index (χ3v) is 9.83. The molecule has 1 aromatic carbocycles. The van der Waals surface area contributed by atoms with Crippen LogP contribution >= 0.6 is 63.7 Å². The van der Waals surface area contributed by atoms with Gasteiger partial charge in [0.1, 0.15) is 0 Å². The first-order chi connectivity index (χ1) is 10.8. The lowest BCUT2D eigenvalue weighted by molar-refractivity contribution is 0.0601. The second-order valence-electron chi connectivity index (χ2n) is 6.43. The molecule has 1 aromatic rings. The van der Waals surface area contributed by atoms with Crippen LogP contribution in [0.2, 0.25) is 0 Å². The molecule has 4 rings (SSSR count). The first kappa shape index (κ1) is 16.5. The Balaban J connectivity index is 1.77. The van der Waals surface area contributed by atoms with Crippen molar-refractivity contribution in [3.8, 4) is 0 Å². The lowest BCUT2D eigenvalue weighted by atomic mass is 9.87. The molecule has 2 unspecified atom stereocenters. The van der Waals surface area contributed by atoms with Crippen LogP contribution in [0.15, 0.2) is 30.0 Å². The van der Waals surface area contributed by atoms with Gasteiger partial charge in [-0.15, -0.1) is 0 Å². The van der Waals surface area contributed by atoms with Crippen molar-refractivity contribution in [2.75, 3.05) is 6.54 Å². The van der Waals surface area contributed by atoms with Gasteiger partial charge in [-0.05, 0) is 88.9 Å². The lowest BCUT2D eigenvalue weighted by Gasteiger charge is -2.28. The second kappa shape index (κ2) is 5.51. The summed E-state index contributed by atoms with van der Waals surface area (Å²) in [7, 11) is 0. The van der Waals surface area contributed by atoms with Gasteiger partial charge in [-0.2, -0.15) is 0 Å². The Morgan fingerprint density at radius 3 is 1.96 bits per heavy atom. The van der Waals surface area contributed by atoms with Gasteiger partial charge in [0.25, 0.3) is 11.8 Å². The zero-order valence-electron chi connectivity index (χ0n) is 11.8. The van der Waals surface area contributed by atoms with Gasteiger partial charge in [0.15, 0.2) is 0 Å². The SMILES string of the molecule is O=C1c2c(Br)c(Br)c(Br)c(Br)c2C(=O)N1CC12C=CC(CC1)C2. The Morgan fingerprint density at radius 2 is 1.57 bits per heavy atom. The summed E-state index contributed by atoms with van der Waals surface area (Å²) in [5.74, 6) is 0.180. The molecular weight excluding hydrogens is 558 g/mol. The second-order valence-corrected chi connectivity index (χ2v) is 9.60. The van der Waals surface area contributed by atoms with Crippen molar-refractivity contribution >= 4 is 75.5 Å². The van der Waals surface area contributed by atoms with Crippen molar-refractivity contribution in [2.24, 2.45) is 11.3 Å². The lowest BCUT2D eigenvalue weighted by Crippen LogP contribution is -2.38. The van der Waals surface area contributed by atoms with Crippen LogP contribution in [0.3, 0.4) is 0 Å². The first-order valence-corrected chi connectivity index (χ1v) is 10.4. The van der Waals surface area contributed by atoms with Crippen molar-refractivity contribution in [1.82, 2.24) is 4.90 Å². The van der Waals surface area contributed by atoms with E-state index in [2.05, 4.69) is 75.9 Å². The standard InChI is InChI=1S/C16H11Br4NO2/c17-10-8-9(11(18)13(20)12(10)19)15(23)21(14(8)22)6-16-3-1-7(5-16)2-4-16/h1,3,7H,2,4-6H2. The highest BCUT2D eigenvalue weighted by Crippen LogP contribution is 2.51. The van der Waals surface area contributed by atoms with Crippen molar-refractivity contribution < 1.29 is 9.59 Å². The highest BCUT2D eigenvalue weighted by Gasteiger charge is 2.48. The van der Waals surface area contributed by atoms with Gasteiger partial charge in [-0.25, -0.2) is 0 Å². The molecular formula is C16H11Br4NO2. The number of rotatable bonds is 2. The minimum Gasteiger partial charge on any atom is -0.273 e. The van der Waals surface area contributed by atoms with Crippen LogP contribution in [0.4, 0.5) is 0 Å². The summed E-state index contributed by atoms with van der Waals surface area (Å²) < 4.78 is 2.69. The number of nitrogens with zero attached hydrogens (tertiary/aromatic N) is 1. The molecule has 0 radical (unpaired) electrons. The smallest absolute Gasteiger partial charge is 0.262 e. The third-order valence-electron chi connectivity index (χ3n) is 5.06. The molecule has 120 valence electrons. The molecule has 2 amide bonds. The Labute approximate surface area is 167 Å². The summed E-state index contributed by atoms with van der Waals surface area (Å²) >= 11 is 13.8. The van der Waals surface area contributed by atoms with Crippen LogP contribution in [0, 0.1) is 11.3 Å². The number of allylic oxidation sites excluding steroid dienone is 1. The van der Waals surface area contributed by atoms with E-state index in [9.17, 15) is 9.59 Å². The van der Waals surface area contributed by atoms with E-state index in [-0.39, 0.29) is 17.2 Å². The third kappa shape index (κ3) is 2.29. The van der Waals surface area contributed by atoms with Gasteiger partial charge in [-0.1, -0.05) is 12.2 Å². The van der Waals surface area contributed by atoms with Crippen LogP contribution in [0.25, 0.3) is 0 Å². The van der Waals surface area contributed by atoms with Crippen LogP contribution < -0.4 is 0 Å². The molecule has 2 aliphatic carbocycles. The summed E-state index contributed by atoms with van der Waals surface area (Å²) in [6, 6.07) is 0. The summed E-state index contributed by atoms with van der Waals surface area (Å²) in [5.41, 5.74) is 0.848. The van der Waals surface area contributed by atoms with Crippen molar-refractivity contribution in [3.63, 3.8) is 0 Å². The zero-order valence-corrected chi connectivity index (χ0v) is 18.2. The minimum absolute atomic E-state index is 0.0224. The Kier molecular flexibility index (Phi) is 3.95. The molecule has 0 saturated heterocycles. The van der Waals surface area contributed by atoms with Gasteiger partial charge >= 0.3 is 0 Å². The van der Waals surface area contributed by atoms with Crippen molar-refractivity contribution in [1.29, 1.82) is 0 Å². The summed E-state index contributed by atoms with van der Waals surface area (Å²) in [4.78, 5) is 27.2. The summed E-state index contributed by atoms with van der Waals surface area (Å²) in [5, 5.41) is 0. The molecule has 3 aliphatic rings. The fourth-order valence-corrected chi connectivity index (χ4v) is 6.36. The van der Waals surface area contributed by atoms with Crippen LogP contribution in [0.5, 0.6) is 0 Å². The molecule has 0 N–H and O–H groups in total. The van der Waals surface area contributed by atoms with Gasteiger partial charge in [0.05, 0.1) is 11.1 Å². The van der Waals surface area contributed by atoms with Crippen LogP contribution in [-0.4, -0.2) is 23.3 Å². The van der Waals surface area contributed by atoms with Gasteiger partial charge < -0.3 is 0 Å². The number of carbonyl (C=O) groups excluding carboxylic acids is 2. The molecule has 1 fully saturated rings. The highest BCUT2D eigenvalue weighted by atomic mass is 79.9. The molecule has 3 nitrogen and oxygen atoms in total. The van der Waals surface area contributed by atoms with Gasteiger partial charge in [0, 0.05) is 29.9 Å². The molecule has 23 heavy (non-hydrogen) atoms. The highest BCUT2D eigenvalue weighted by molar-refractivity contribution is 9.15. The summed E-state index contributed by atoms with van der Waals surface area (Å²) in [6.45, 7) is 0.473. The normalized spacial score (nSPS) is 28.2. The van der Waals surface area contributed by atoms with E-state index < -0.39 is 0 Å². The zero-order chi connectivity index (χ0) is 16.5. The molecule has 1 heterocycles. The number of amides is 2. The number of fused-ring (bicyclic) bond motifs is 3. The van der Waals surface area contributed by atoms with Crippen LogP contribution in [-0.2, 0) is 0 Å². The maximum atomic E-state index is 12.9. The average Bonchev–Trinajstić information content (AvgIpc) is 3.19. The number of hydrogen-bond acceptors (Lipinski definition) is 2. The van der Waals surface area contributed by atoms with Crippen LogP contribution in [0.1, 0.15) is 40.0 Å². The predicted molar refractivity (Wildman–Crippen MR) is 102 cm³/mol. The molecule has 0 aromatic heterocycles. The van der Waals surface area contributed by atoms with E-state index in [1.54, 1.807) is 0 Å². The monoisotopic (exact) mass is 565 g/mol. The Morgan fingerprint density at radius 1 is 1.00 bits per heavy atom. The summed E-state index contributed by atoms with van der Waals surface area (Å²) in [6.07, 6.45) is 7.71. The van der Waals surface area contributed by atoms with E-state index >= 15 is 0 Å². The number of carbonyl (C=O) groups is 2. The maximum Gasteiger partial charge on any atom is 0.262 e. The number of halogens is 4. The maximum absolute atomic E-state index is 12.9. The van der Waals surface area contributed by atoms with Crippen molar-refractivity contribution in [2.45, 2.75) is 19.3 Å². The predicted octanol–water partition coefficient (Wildman–Crippen LogP) is 5.69. The Hall–Kier alpha value is 0.0200. The van der Waals surface area contributed by atoms with Crippen molar-refractivity contribution in [3.05, 3.63) is 41.2 Å². The topological polar surface area (TPSA) is 37.4 Å². The molecule has 1 saturated carbocycles. The molecule has 1 aliphatic heterocycles. The largest absolute Gasteiger partial charge is 0.273 e. The van der Waals surface area contributed by atoms with E-state index in [4.69, 9.17) is 0 Å². The van der Waals surface area contributed by atoms with E-state index in [1.165, 1.54) is 4.90 Å². The fourth-order valence-electron chi connectivity index (χ4n) is 3.91. The fraction of sp³-hybridized carbons (Fsp3) is 0.375. The first-order valence-electron chi connectivity index (χ1n) is 7.26. The molecule has 7 heteroatoms. The Bertz CT molecular complexity index is 757. The van der Waals surface area contributed by atoms with Gasteiger partial charge in [0.2, 0.25) is 0 Å². The van der Waals surface area contributed by atoms with Gasteiger partial charge in [-0.3, -0.25) is 14.5 Å². The molecule has 0 spiro atoms. The number of imide groups is 1. The number of hydrogen-bond donors (Lipinski definition) is 0. The molecule has 2 bridgehead atoms. The molecule has 2 atom stereocenters. The van der Waals surface area contributed by atoms with E-state index in [1.807, 2.05) is 0 Å². The number of benzene rings is 1.